The van der Waals surface area contributed by atoms with Crippen molar-refractivity contribution in [2.24, 2.45) is 0 Å². The number of hydrogen-bond acceptors (Lipinski definition) is 4. The molecule has 1 aromatic rings. The molecule has 0 saturated carbocycles. The number of ether oxygens (including phenoxy) is 2. The van der Waals surface area contributed by atoms with Gasteiger partial charge in [0.2, 0.25) is 0 Å². The Labute approximate surface area is 217 Å². The first-order valence-corrected chi connectivity index (χ1v) is 14.6. The summed E-state index contributed by atoms with van der Waals surface area (Å²) in [4.78, 5) is 13.7. The molecule has 202 valence electrons. The van der Waals surface area contributed by atoms with Crippen LogP contribution >= 0.6 is 0 Å². The minimum atomic E-state index is -0.242. The lowest BCUT2D eigenvalue weighted by Gasteiger charge is -2.24. The van der Waals surface area contributed by atoms with Crippen LogP contribution in [0.25, 0.3) is 0 Å². The zero-order valence-electron chi connectivity index (χ0n) is 23.3. The molecule has 0 bridgehead atoms. The molecular formula is C31H55NO3. The van der Waals surface area contributed by atoms with Gasteiger partial charge in [-0.05, 0) is 19.0 Å². The van der Waals surface area contributed by atoms with Crippen LogP contribution in [0, 0.1) is 0 Å². The predicted molar refractivity (Wildman–Crippen MR) is 149 cm³/mol. The molecule has 0 amide bonds. The van der Waals surface area contributed by atoms with Crippen LogP contribution in [0.2, 0.25) is 0 Å². The lowest BCUT2D eigenvalue weighted by atomic mass is 10.0. The Kier molecular flexibility index (Phi) is 20.8. The quantitative estimate of drug-likeness (QED) is 0.108. The van der Waals surface area contributed by atoms with Gasteiger partial charge in [0.1, 0.15) is 6.10 Å². The third kappa shape index (κ3) is 20.5. The maximum absolute atomic E-state index is 11.5. The van der Waals surface area contributed by atoms with Crippen molar-refractivity contribution < 1.29 is 14.3 Å². The van der Waals surface area contributed by atoms with Gasteiger partial charge in [0.05, 0.1) is 6.61 Å². The first-order valence-electron chi connectivity index (χ1n) is 14.6. The summed E-state index contributed by atoms with van der Waals surface area (Å²) >= 11 is 0. The van der Waals surface area contributed by atoms with E-state index in [-0.39, 0.29) is 12.1 Å². The summed E-state index contributed by atoms with van der Waals surface area (Å²) in [5.74, 6) is -0.242. The largest absolute Gasteiger partial charge is 0.459 e. The summed E-state index contributed by atoms with van der Waals surface area (Å²) in [6.45, 7) is 6.48. The zero-order chi connectivity index (χ0) is 25.4. The van der Waals surface area contributed by atoms with E-state index in [2.05, 4.69) is 31.0 Å². The Morgan fingerprint density at radius 2 is 1.26 bits per heavy atom. The highest BCUT2D eigenvalue weighted by atomic mass is 16.6. The summed E-state index contributed by atoms with van der Waals surface area (Å²) in [7, 11) is 2.05. The van der Waals surface area contributed by atoms with Crippen LogP contribution in [0.4, 0.5) is 0 Å². The van der Waals surface area contributed by atoms with E-state index in [0.717, 1.165) is 19.6 Å². The molecule has 35 heavy (non-hydrogen) atoms. The van der Waals surface area contributed by atoms with Gasteiger partial charge in [-0.1, -0.05) is 134 Å². The van der Waals surface area contributed by atoms with Gasteiger partial charge in [-0.25, -0.2) is 0 Å². The Balaban J connectivity index is 1.94. The molecular weight excluding hydrogens is 434 g/mol. The number of carbonyl (C=O) groups is 1. The third-order valence-corrected chi connectivity index (χ3v) is 6.59. The van der Waals surface area contributed by atoms with Gasteiger partial charge in [-0.3, -0.25) is 9.69 Å². The number of nitrogens with zero attached hydrogens (tertiary/aromatic N) is 1. The fourth-order valence-corrected chi connectivity index (χ4v) is 4.63. The molecule has 4 nitrogen and oxygen atoms in total. The lowest BCUT2D eigenvalue weighted by Crippen LogP contribution is -2.35. The van der Waals surface area contributed by atoms with Crippen LogP contribution < -0.4 is 0 Å². The van der Waals surface area contributed by atoms with E-state index in [0.29, 0.717) is 13.2 Å². The summed E-state index contributed by atoms with van der Waals surface area (Å²) in [5, 5.41) is 0. The average Bonchev–Trinajstić information content (AvgIpc) is 2.83. The minimum absolute atomic E-state index is 0.220. The SMILES string of the molecule is CCCCCCCCCCCCCCCCCCOCC(CN(C)Cc1ccccc1)OC(C)=O. The molecule has 1 atom stereocenters. The van der Waals surface area contributed by atoms with Crippen LogP contribution in [0.3, 0.4) is 0 Å². The van der Waals surface area contributed by atoms with Crippen LogP contribution in [0.5, 0.6) is 0 Å². The van der Waals surface area contributed by atoms with Crippen molar-refractivity contribution in [3.8, 4) is 0 Å². The second-order valence-electron chi connectivity index (χ2n) is 10.3. The molecule has 1 aromatic carbocycles. The maximum atomic E-state index is 11.5. The summed E-state index contributed by atoms with van der Waals surface area (Å²) in [6, 6.07) is 10.4. The summed E-state index contributed by atoms with van der Waals surface area (Å²) in [5.41, 5.74) is 1.26. The van der Waals surface area contributed by atoms with E-state index in [1.54, 1.807) is 0 Å². The zero-order valence-corrected chi connectivity index (χ0v) is 23.3. The van der Waals surface area contributed by atoms with Crippen molar-refractivity contribution in [2.75, 3.05) is 26.8 Å². The van der Waals surface area contributed by atoms with Gasteiger partial charge in [0.25, 0.3) is 0 Å². The number of hydrogen-bond donors (Lipinski definition) is 0. The second kappa shape index (κ2) is 23.0. The normalized spacial score (nSPS) is 12.2. The lowest BCUT2D eigenvalue weighted by molar-refractivity contribution is -0.150. The van der Waals surface area contributed by atoms with Crippen molar-refractivity contribution >= 4 is 5.97 Å². The molecule has 0 aromatic heterocycles. The Hall–Kier alpha value is -1.39. The van der Waals surface area contributed by atoms with E-state index < -0.39 is 0 Å². The van der Waals surface area contributed by atoms with E-state index >= 15 is 0 Å². The predicted octanol–water partition coefficient (Wildman–Crippen LogP) is 8.33. The van der Waals surface area contributed by atoms with Gasteiger partial charge in [0.15, 0.2) is 0 Å². The third-order valence-electron chi connectivity index (χ3n) is 6.59. The van der Waals surface area contributed by atoms with Crippen LogP contribution in [0.1, 0.15) is 122 Å². The van der Waals surface area contributed by atoms with Crippen LogP contribution in [-0.2, 0) is 20.8 Å². The van der Waals surface area contributed by atoms with Gasteiger partial charge in [-0.2, -0.15) is 0 Å². The molecule has 4 heteroatoms. The van der Waals surface area contributed by atoms with Gasteiger partial charge >= 0.3 is 5.97 Å². The minimum Gasteiger partial charge on any atom is -0.459 e. The molecule has 1 rings (SSSR count). The molecule has 0 aliphatic heterocycles. The first-order chi connectivity index (χ1) is 17.1. The van der Waals surface area contributed by atoms with Crippen LogP contribution in [0.15, 0.2) is 30.3 Å². The highest BCUT2D eigenvalue weighted by Crippen LogP contribution is 2.14. The monoisotopic (exact) mass is 489 g/mol. The van der Waals surface area contributed by atoms with Crippen LogP contribution in [-0.4, -0.2) is 43.8 Å². The number of esters is 1. The first kappa shape index (κ1) is 31.6. The highest BCUT2D eigenvalue weighted by molar-refractivity contribution is 5.66. The standard InChI is InChI=1S/C31H55NO3/c1-4-5-6-7-8-9-10-11-12-13-14-15-16-17-18-22-25-34-28-31(35-29(2)33)27-32(3)26-30-23-20-19-21-24-30/h19-21,23-24,31H,4-18,22,25-28H2,1-3H3. The van der Waals surface area contributed by atoms with Crippen molar-refractivity contribution in [3.63, 3.8) is 0 Å². The number of rotatable bonds is 24. The number of carbonyl (C=O) groups excluding carboxylic acids is 1. The maximum Gasteiger partial charge on any atom is 0.303 e. The van der Waals surface area contributed by atoms with E-state index in [1.165, 1.54) is 109 Å². The topological polar surface area (TPSA) is 38.8 Å². The Morgan fingerprint density at radius 1 is 0.771 bits per heavy atom. The molecule has 0 aliphatic rings. The van der Waals surface area contributed by atoms with E-state index in [1.807, 2.05) is 18.2 Å². The van der Waals surface area contributed by atoms with Crippen molar-refractivity contribution in [3.05, 3.63) is 35.9 Å². The highest BCUT2D eigenvalue weighted by Gasteiger charge is 2.15. The fraction of sp³-hybridized carbons (Fsp3) is 0.774. The summed E-state index contributed by atoms with van der Waals surface area (Å²) in [6.07, 6.45) is 21.7. The average molecular weight is 490 g/mol. The second-order valence-corrected chi connectivity index (χ2v) is 10.3. The molecule has 0 heterocycles. The van der Waals surface area contributed by atoms with Crippen molar-refractivity contribution in [2.45, 2.75) is 129 Å². The van der Waals surface area contributed by atoms with Crippen molar-refractivity contribution in [1.82, 2.24) is 4.90 Å². The Morgan fingerprint density at radius 3 is 1.74 bits per heavy atom. The number of benzene rings is 1. The number of unbranched alkanes of at least 4 members (excludes halogenated alkanes) is 15. The van der Waals surface area contributed by atoms with E-state index in [4.69, 9.17) is 9.47 Å². The molecule has 0 radical (unpaired) electrons. The molecule has 0 N–H and O–H groups in total. The molecule has 0 spiro atoms. The molecule has 0 saturated heterocycles. The molecule has 1 unspecified atom stereocenters. The van der Waals surface area contributed by atoms with E-state index in [9.17, 15) is 4.79 Å². The summed E-state index contributed by atoms with van der Waals surface area (Å²) < 4.78 is 11.3. The fourth-order valence-electron chi connectivity index (χ4n) is 4.63. The smallest absolute Gasteiger partial charge is 0.303 e. The van der Waals surface area contributed by atoms with Gasteiger partial charge in [-0.15, -0.1) is 0 Å². The Bertz CT molecular complexity index is 592. The molecule has 0 fully saturated rings. The van der Waals surface area contributed by atoms with Crippen molar-refractivity contribution in [1.29, 1.82) is 0 Å². The molecule has 0 aliphatic carbocycles. The van der Waals surface area contributed by atoms with Gasteiger partial charge < -0.3 is 9.47 Å². The van der Waals surface area contributed by atoms with Gasteiger partial charge in [0, 0.05) is 26.6 Å². The number of likely N-dealkylation sites (N-methyl/N-ethyl adjacent to an activating group) is 1.